The van der Waals surface area contributed by atoms with Gasteiger partial charge in [0.1, 0.15) is 0 Å². The predicted molar refractivity (Wildman–Crippen MR) is 86.4 cm³/mol. The average molecular weight is 384 g/mol. The van der Waals surface area contributed by atoms with Crippen molar-refractivity contribution in [2.45, 2.75) is 11.5 Å². The van der Waals surface area contributed by atoms with Gasteiger partial charge in [0.25, 0.3) is 0 Å². The molecule has 1 rings (SSSR count). The molecule has 0 spiro atoms. The molecule has 0 amide bonds. The molecule has 0 N–H and O–H groups in total. The maximum atomic E-state index is 3.45. The summed E-state index contributed by atoms with van der Waals surface area (Å²) in [5, 5.41) is 2.16. The Morgan fingerprint density at radius 2 is 1.38 bits per heavy atom. The predicted octanol–water partition coefficient (Wildman–Crippen LogP) is 4.94. The molecular formula is C12H16Br2S2. The number of hydrogen-bond donors (Lipinski definition) is 0. The Morgan fingerprint density at radius 3 is 1.81 bits per heavy atom. The van der Waals surface area contributed by atoms with Gasteiger partial charge in [-0.3, -0.25) is 0 Å². The molecule has 0 bridgehead atoms. The van der Waals surface area contributed by atoms with Gasteiger partial charge in [0.15, 0.2) is 0 Å². The number of rotatable bonds is 8. The highest BCUT2D eigenvalue weighted by Crippen LogP contribution is 2.17. The molecule has 0 unspecified atom stereocenters. The highest BCUT2D eigenvalue weighted by atomic mass is 79.9. The van der Waals surface area contributed by atoms with Crippen LogP contribution in [0.4, 0.5) is 0 Å². The maximum absolute atomic E-state index is 3.45. The molecule has 4 heteroatoms. The molecule has 1 aromatic rings. The number of benzene rings is 1. The first kappa shape index (κ1) is 14.9. The highest BCUT2D eigenvalue weighted by Gasteiger charge is 1.97. The number of hydrogen-bond acceptors (Lipinski definition) is 2. The van der Waals surface area contributed by atoms with Crippen LogP contribution in [0.5, 0.6) is 0 Å². The van der Waals surface area contributed by atoms with Crippen LogP contribution in [-0.2, 0) is 11.5 Å². The van der Waals surface area contributed by atoms with Gasteiger partial charge in [-0.15, -0.1) is 0 Å². The van der Waals surface area contributed by atoms with Crippen molar-refractivity contribution >= 4 is 55.4 Å². The van der Waals surface area contributed by atoms with Crippen molar-refractivity contribution in [3.63, 3.8) is 0 Å². The molecule has 0 fully saturated rings. The van der Waals surface area contributed by atoms with Crippen LogP contribution in [-0.4, -0.2) is 22.2 Å². The molecule has 0 aromatic heterocycles. The molecule has 0 aliphatic heterocycles. The van der Waals surface area contributed by atoms with Crippen LogP contribution < -0.4 is 0 Å². The minimum atomic E-state index is 1.08. The smallest absolute Gasteiger partial charge is 0.0184 e. The van der Waals surface area contributed by atoms with Gasteiger partial charge in [0.05, 0.1) is 0 Å². The van der Waals surface area contributed by atoms with E-state index in [1.165, 1.54) is 22.6 Å². The van der Waals surface area contributed by atoms with E-state index in [1.54, 1.807) is 0 Å². The topological polar surface area (TPSA) is 0 Å². The van der Waals surface area contributed by atoms with Crippen LogP contribution >= 0.6 is 55.4 Å². The van der Waals surface area contributed by atoms with E-state index in [9.17, 15) is 0 Å². The fourth-order valence-electron chi connectivity index (χ4n) is 1.30. The lowest BCUT2D eigenvalue weighted by molar-refractivity contribution is 1.32. The Labute approximate surface area is 124 Å². The third-order valence-corrected chi connectivity index (χ3v) is 5.88. The number of thioether (sulfide) groups is 2. The van der Waals surface area contributed by atoms with Gasteiger partial charge in [-0.25, -0.2) is 0 Å². The molecule has 90 valence electrons. The Kier molecular flexibility index (Phi) is 9.21. The summed E-state index contributed by atoms with van der Waals surface area (Å²) >= 11 is 10.9. The van der Waals surface area contributed by atoms with E-state index in [-0.39, 0.29) is 0 Å². The molecule has 16 heavy (non-hydrogen) atoms. The van der Waals surface area contributed by atoms with Crippen LogP contribution in [0.25, 0.3) is 0 Å². The fourth-order valence-corrected chi connectivity index (χ4v) is 4.01. The lowest BCUT2D eigenvalue weighted by Gasteiger charge is -2.04. The largest absolute Gasteiger partial charge is 0.156 e. The lowest BCUT2D eigenvalue weighted by atomic mass is 10.2. The first-order valence-corrected chi connectivity index (χ1v) is 9.77. The molecule has 0 aliphatic rings. The quantitative estimate of drug-likeness (QED) is 0.460. The Balaban J connectivity index is 2.37. The monoisotopic (exact) mass is 382 g/mol. The summed E-state index contributed by atoms with van der Waals surface area (Å²) in [4.78, 5) is 0. The first-order valence-electron chi connectivity index (χ1n) is 5.22. The van der Waals surface area contributed by atoms with Crippen molar-refractivity contribution in [2.24, 2.45) is 0 Å². The van der Waals surface area contributed by atoms with E-state index >= 15 is 0 Å². The van der Waals surface area contributed by atoms with Crippen LogP contribution in [0.1, 0.15) is 11.1 Å². The van der Waals surface area contributed by atoms with Gasteiger partial charge in [0.2, 0.25) is 0 Å². The fraction of sp³-hybridized carbons (Fsp3) is 0.500. The van der Waals surface area contributed by atoms with Crippen LogP contribution in [0, 0.1) is 0 Å². The van der Waals surface area contributed by atoms with Crippen LogP contribution in [0.15, 0.2) is 24.3 Å². The molecule has 0 atom stereocenters. The summed E-state index contributed by atoms with van der Waals surface area (Å²) in [6.45, 7) is 0. The second-order valence-corrected chi connectivity index (χ2v) is 7.10. The summed E-state index contributed by atoms with van der Waals surface area (Å²) in [6.07, 6.45) is 0. The first-order chi connectivity index (χ1) is 7.86. The van der Waals surface area contributed by atoms with Gasteiger partial charge in [-0.2, -0.15) is 23.5 Å². The summed E-state index contributed by atoms with van der Waals surface area (Å²) in [7, 11) is 0. The van der Waals surface area contributed by atoms with Crippen LogP contribution in [0.2, 0.25) is 0 Å². The van der Waals surface area contributed by atoms with E-state index in [4.69, 9.17) is 0 Å². The van der Waals surface area contributed by atoms with E-state index in [1.807, 2.05) is 23.5 Å². The Morgan fingerprint density at radius 1 is 0.875 bits per heavy atom. The van der Waals surface area contributed by atoms with Crippen molar-refractivity contribution in [3.05, 3.63) is 35.4 Å². The standard InChI is InChI=1S/C12H16Br2S2/c13-4-6-15-9-11-2-1-3-12(8-11)10-16-7-5-14/h1-3,8H,4-7,9-10H2. The molecule has 0 radical (unpaired) electrons. The van der Waals surface area contributed by atoms with Crippen molar-refractivity contribution < 1.29 is 0 Å². The summed E-state index contributed by atoms with van der Waals surface area (Å²) in [6, 6.07) is 8.95. The lowest BCUT2D eigenvalue weighted by Crippen LogP contribution is -1.88. The van der Waals surface area contributed by atoms with E-state index in [0.29, 0.717) is 0 Å². The molecule has 0 saturated heterocycles. The second-order valence-electron chi connectivity index (χ2n) is 3.30. The number of alkyl halides is 2. The minimum Gasteiger partial charge on any atom is -0.156 e. The molecule has 0 saturated carbocycles. The van der Waals surface area contributed by atoms with Gasteiger partial charge in [-0.05, 0) is 11.1 Å². The van der Waals surface area contributed by atoms with Crippen molar-refractivity contribution in [1.82, 2.24) is 0 Å². The van der Waals surface area contributed by atoms with Crippen molar-refractivity contribution in [2.75, 3.05) is 22.2 Å². The summed E-state index contributed by atoms with van der Waals surface area (Å²) in [5.74, 6) is 4.62. The molecule has 0 heterocycles. The minimum absolute atomic E-state index is 1.08. The van der Waals surface area contributed by atoms with Crippen LogP contribution in [0.3, 0.4) is 0 Å². The third kappa shape index (κ3) is 6.58. The summed E-state index contributed by atoms with van der Waals surface area (Å²) < 4.78 is 0. The Hall–Kier alpha value is 0.880. The average Bonchev–Trinajstić information content (AvgIpc) is 2.30. The van der Waals surface area contributed by atoms with Crippen molar-refractivity contribution in [3.8, 4) is 0 Å². The van der Waals surface area contributed by atoms with E-state index in [2.05, 4.69) is 56.1 Å². The van der Waals surface area contributed by atoms with Gasteiger partial charge in [-0.1, -0.05) is 56.1 Å². The zero-order valence-electron chi connectivity index (χ0n) is 9.12. The van der Waals surface area contributed by atoms with E-state index < -0.39 is 0 Å². The summed E-state index contributed by atoms with van der Waals surface area (Å²) in [5.41, 5.74) is 2.89. The zero-order chi connectivity index (χ0) is 11.6. The Bertz CT molecular complexity index is 267. The SMILES string of the molecule is BrCCSCc1cccc(CSCCBr)c1. The molecule has 0 aliphatic carbocycles. The van der Waals surface area contributed by atoms with Gasteiger partial charge < -0.3 is 0 Å². The third-order valence-electron chi connectivity index (χ3n) is 1.97. The number of halogens is 2. The maximum Gasteiger partial charge on any atom is 0.0184 e. The van der Waals surface area contributed by atoms with Gasteiger partial charge in [0, 0.05) is 33.7 Å². The molecular weight excluding hydrogens is 368 g/mol. The van der Waals surface area contributed by atoms with Gasteiger partial charge >= 0.3 is 0 Å². The normalized spacial score (nSPS) is 10.6. The van der Waals surface area contributed by atoms with E-state index in [0.717, 1.165) is 22.2 Å². The highest BCUT2D eigenvalue weighted by molar-refractivity contribution is 9.09. The van der Waals surface area contributed by atoms with Crippen molar-refractivity contribution in [1.29, 1.82) is 0 Å². The zero-order valence-corrected chi connectivity index (χ0v) is 13.9. The molecule has 1 aromatic carbocycles. The molecule has 0 nitrogen and oxygen atoms in total. The second kappa shape index (κ2) is 9.86.